The van der Waals surface area contributed by atoms with Crippen molar-refractivity contribution in [3.8, 4) is 0 Å². The van der Waals surface area contributed by atoms with Crippen LogP contribution in [-0.2, 0) is 5.41 Å². The van der Waals surface area contributed by atoms with Crippen LogP contribution in [-0.4, -0.2) is 43.7 Å². The van der Waals surface area contributed by atoms with E-state index < -0.39 is 0 Å². The first-order chi connectivity index (χ1) is 12.0. The Morgan fingerprint density at radius 2 is 1.44 bits per heavy atom. The molecule has 0 saturated heterocycles. The van der Waals surface area contributed by atoms with E-state index in [4.69, 9.17) is 12.2 Å². The number of hydrogen-bond acceptors (Lipinski definition) is 2. The Morgan fingerprint density at radius 3 is 1.92 bits per heavy atom. The summed E-state index contributed by atoms with van der Waals surface area (Å²) >= 11 is 5.47. The summed E-state index contributed by atoms with van der Waals surface area (Å²) in [7, 11) is 4.17. The van der Waals surface area contributed by atoms with Gasteiger partial charge >= 0.3 is 0 Å². The summed E-state index contributed by atoms with van der Waals surface area (Å²) in [4.78, 5) is 2.18. The number of nitrogens with one attached hydrogen (secondary N) is 2. The lowest BCUT2D eigenvalue weighted by Gasteiger charge is -2.32. The normalized spacial score (nSPS) is 11.4. The predicted molar refractivity (Wildman–Crippen MR) is 111 cm³/mol. The van der Waals surface area contributed by atoms with Gasteiger partial charge in [0.05, 0.1) is 0 Å². The third-order valence-electron chi connectivity index (χ3n) is 4.49. The summed E-state index contributed by atoms with van der Waals surface area (Å²) in [5.74, 6) is 0. The van der Waals surface area contributed by atoms with Gasteiger partial charge in [-0.2, -0.15) is 0 Å². The largest absolute Gasteiger partial charge is 0.363 e. The molecule has 2 aromatic rings. The van der Waals surface area contributed by atoms with Crippen molar-refractivity contribution in [2.75, 3.05) is 33.7 Å². The smallest absolute Gasteiger partial charge is 0.166 e. The van der Waals surface area contributed by atoms with Crippen molar-refractivity contribution in [3.05, 3.63) is 71.8 Å². The molecule has 3 nitrogen and oxygen atoms in total. The van der Waals surface area contributed by atoms with Crippen LogP contribution in [0, 0.1) is 0 Å². The third-order valence-corrected chi connectivity index (χ3v) is 4.78. The fraction of sp³-hybridized carbons (Fsp3) is 0.381. The van der Waals surface area contributed by atoms with Gasteiger partial charge in [0.2, 0.25) is 0 Å². The first-order valence-electron chi connectivity index (χ1n) is 8.80. The molecule has 0 aliphatic carbocycles. The maximum atomic E-state index is 5.47. The Bertz CT molecular complexity index is 601. The Labute approximate surface area is 157 Å². The predicted octanol–water partition coefficient (Wildman–Crippen LogP) is 3.41. The van der Waals surface area contributed by atoms with Gasteiger partial charge in [0.25, 0.3) is 0 Å². The number of nitrogens with zero attached hydrogens (tertiary/aromatic N) is 1. The molecule has 2 N–H and O–H groups in total. The SMILES string of the molecule is CN(C)CCCNC(=S)NCC(C)(c1ccccc1)c1ccccc1. The van der Waals surface area contributed by atoms with Gasteiger partial charge < -0.3 is 15.5 Å². The monoisotopic (exact) mass is 355 g/mol. The van der Waals surface area contributed by atoms with Crippen LogP contribution >= 0.6 is 12.2 Å². The minimum absolute atomic E-state index is 0.141. The lowest BCUT2D eigenvalue weighted by Crippen LogP contribution is -2.44. The third kappa shape index (κ3) is 5.83. The molecule has 0 atom stereocenters. The molecular formula is C21H29N3S. The van der Waals surface area contributed by atoms with Crippen LogP contribution in [0.2, 0.25) is 0 Å². The maximum Gasteiger partial charge on any atom is 0.166 e. The minimum Gasteiger partial charge on any atom is -0.363 e. The first kappa shape index (κ1) is 19.4. The topological polar surface area (TPSA) is 27.3 Å². The van der Waals surface area contributed by atoms with Crippen LogP contribution in [0.1, 0.15) is 24.5 Å². The van der Waals surface area contributed by atoms with Crippen LogP contribution in [0.25, 0.3) is 0 Å². The highest BCUT2D eigenvalue weighted by atomic mass is 32.1. The molecule has 0 aliphatic rings. The van der Waals surface area contributed by atoms with E-state index in [0.29, 0.717) is 0 Å². The molecule has 0 heterocycles. The second-order valence-electron chi connectivity index (χ2n) is 6.83. The summed E-state index contributed by atoms with van der Waals surface area (Å²) in [6, 6.07) is 21.2. The molecule has 0 bridgehead atoms. The van der Waals surface area contributed by atoms with Gasteiger partial charge in [-0.15, -0.1) is 0 Å². The van der Waals surface area contributed by atoms with E-state index >= 15 is 0 Å². The summed E-state index contributed by atoms with van der Waals surface area (Å²) in [6.45, 7) is 4.96. The van der Waals surface area contributed by atoms with E-state index in [9.17, 15) is 0 Å². The maximum absolute atomic E-state index is 5.47. The summed E-state index contributed by atoms with van der Waals surface area (Å²) in [6.07, 6.45) is 1.07. The number of benzene rings is 2. The zero-order chi connectivity index (χ0) is 18.1. The summed E-state index contributed by atoms with van der Waals surface area (Å²) in [5.41, 5.74) is 2.42. The zero-order valence-electron chi connectivity index (χ0n) is 15.5. The Balaban J connectivity index is 2.02. The molecule has 0 radical (unpaired) electrons. The van der Waals surface area contributed by atoms with E-state index in [2.05, 4.69) is 97.2 Å². The van der Waals surface area contributed by atoms with E-state index in [1.807, 2.05) is 0 Å². The van der Waals surface area contributed by atoms with Gasteiger partial charge in [0, 0.05) is 18.5 Å². The second kappa shape index (κ2) is 9.54. The van der Waals surface area contributed by atoms with Crippen LogP contribution in [0.5, 0.6) is 0 Å². The van der Waals surface area contributed by atoms with Crippen molar-refractivity contribution in [2.24, 2.45) is 0 Å². The van der Waals surface area contributed by atoms with Gasteiger partial charge in [-0.05, 0) is 57.3 Å². The van der Waals surface area contributed by atoms with E-state index in [-0.39, 0.29) is 5.41 Å². The van der Waals surface area contributed by atoms with Crippen LogP contribution in [0.15, 0.2) is 60.7 Å². The zero-order valence-corrected chi connectivity index (χ0v) is 16.3. The molecule has 0 aromatic heterocycles. The summed E-state index contributed by atoms with van der Waals surface area (Å²) in [5, 5.41) is 7.44. The molecule has 4 heteroatoms. The van der Waals surface area contributed by atoms with Gasteiger partial charge in [-0.1, -0.05) is 60.7 Å². The minimum atomic E-state index is -0.141. The Morgan fingerprint density at radius 1 is 0.920 bits per heavy atom. The molecule has 0 spiro atoms. The van der Waals surface area contributed by atoms with Crippen LogP contribution < -0.4 is 10.6 Å². The van der Waals surface area contributed by atoms with Gasteiger partial charge in [-0.25, -0.2) is 0 Å². The average molecular weight is 356 g/mol. The highest BCUT2D eigenvalue weighted by Gasteiger charge is 2.28. The number of hydrogen-bond donors (Lipinski definition) is 2. The molecular weight excluding hydrogens is 326 g/mol. The van der Waals surface area contributed by atoms with Gasteiger partial charge in [0.1, 0.15) is 0 Å². The second-order valence-corrected chi connectivity index (χ2v) is 7.24. The molecule has 0 amide bonds. The highest BCUT2D eigenvalue weighted by Crippen LogP contribution is 2.31. The molecule has 2 rings (SSSR count). The van der Waals surface area contributed by atoms with Crippen molar-refractivity contribution < 1.29 is 0 Å². The lowest BCUT2D eigenvalue weighted by atomic mass is 9.76. The van der Waals surface area contributed by atoms with Crippen molar-refractivity contribution in [1.29, 1.82) is 0 Å². The standard InChI is InChI=1S/C21H29N3S/c1-21(18-11-6-4-7-12-18,19-13-8-5-9-14-19)17-23-20(25)22-15-10-16-24(2)3/h4-9,11-14H,10,15-17H2,1-3H3,(H2,22,23,25). The highest BCUT2D eigenvalue weighted by molar-refractivity contribution is 7.80. The molecule has 0 aliphatic heterocycles. The van der Waals surface area contributed by atoms with Crippen molar-refractivity contribution in [1.82, 2.24) is 15.5 Å². The summed E-state index contributed by atoms with van der Waals surface area (Å²) < 4.78 is 0. The number of rotatable bonds is 8. The average Bonchev–Trinajstić information content (AvgIpc) is 2.64. The molecule has 0 unspecified atom stereocenters. The van der Waals surface area contributed by atoms with E-state index in [1.165, 1.54) is 11.1 Å². The van der Waals surface area contributed by atoms with Gasteiger partial charge in [0.15, 0.2) is 5.11 Å². The quantitative estimate of drug-likeness (QED) is 0.561. The number of thiocarbonyl (C=S) groups is 1. The van der Waals surface area contributed by atoms with Crippen LogP contribution in [0.4, 0.5) is 0 Å². The fourth-order valence-corrected chi connectivity index (χ4v) is 3.07. The van der Waals surface area contributed by atoms with Crippen molar-refractivity contribution in [2.45, 2.75) is 18.8 Å². The van der Waals surface area contributed by atoms with Crippen molar-refractivity contribution >= 4 is 17.3 Å². The molecule has 134 valence electrons. The van der Waals surface area contributed by atoms with E-state index in [1.54, 1.807) is 0 Å². The van der Waals surface area contributed by atoms with Gasteiger partial charge in [-0.3, -0.25) is 0 Å². The van der Waals surface area contributed by atoms with Crippen LogP contribution in [0.3, 0.4) is 0 Å². The fourth-order valence-electron chi connectivity index (χ4n) is 2.90. The lowest BCUT2D eigenvalue weighted by molar-refractivity contribution is 0.399. The Kier molecular flexibility index (Phi) is 7.41. The van der Waals surface area contributed by atoms with E-state index in [0.717, 1.165) is 31.2 Å². The molecule has 25 heavy (non-hydrogen) atoms. The molecule has 2 aromatic carbocycles. The molecule has 0 fully saturated rings. The van der Waals surface area contributed by atoms with Crippen molar-refractivity contribution in [3.63, 3.8) is 0 Å². The first-order valence-corrected chi connectivity index (χ1v) is 9.21. The molecule has 0 saturated carbocycles. The Hall–Kier alpha value is -1.91.